The molecule has 0 saturated carbocycles. The van der Waals surface area contributed by atoms with Crippen LogP contribution in [0.2, 0.25) is 5.02 Å². The second kappa shape index (κ2) is 12.3. The predicted octanol–water partition coefficient (Wildman–Crippen LogP) is 4.28. The number of oxime groups is 1. The molecule has 176 valence electrons. The molecule has 0 radical (unpaired) electrons. The third-order valence-corrected chi connectivity index (χ3v) is 4.88. The number of anilines is 1. The van der Waals surface area contributed by atoms with E-state index in [1.807, 2.05) is 12.1 Å². The molecule has 8 nitrogen and oxygen atoms in total. The van der Waals surface area contributed by atoms with Crippen LogP contribution < -0.4 is 20.1 Å². The lowest BCUT2D eigenvalue weighted by molar-refractivity contribution is -0.120. The molecule has 0 atom stereocenters. The summed E-state index contributed by atoms with van der Waals surface area (Å²) in [6.45, 7) is 0.0980. The van der Waals surface area contributed by atoms with Gasteiger partial charge in [-0.3, -0.25) is 9.59 Å². The van der Waals surface area contributed by atoms with Crippen LogP contribution in [0.1, 0.15) is 21.5 Å². The largest absolute Gasteiger partial charge is 0.493 e. The van der Waals surface area contributed by atoms with Crippen LogP contribution in [-0.4, -0.2) is 38.8 Å². The van der Waals surface area contributed by atoms with Gasteiger partial charge in [-0.25, -0.2) is 0 Å². The van der Waals surface area contributed by atoms with Crippen LogP contribution in [0.3, 0.4) is 0 Å². The van der Waals surface area contributed by atoms with Crippen molar-refractivity contribution in [1.29, 1.82) is 0 Å². The molecule has 3 rings (SSSR count). The van der Waals surface area contributed by atoms with E-state index in [0.717, 1.165) is 5.56 Å². The summed E-state index contributed by atoms with van der Waals surface area (Å²) in [4.78, 5) is 28.6. The van der Waals surface area contributed by atoms with Gasteiger partial charge in [0.2, 0.25) is 0 Å². The third-order valence-electron chi connectivity index (χ3n) is 4.63. The summed E-state index contributed by atoms with van der Waals surface area (Å²) >= 11 is 5.90. The highest BCUT2D eigenvalue weighted by Crippen LogP contribution is 2.28. The number of amides is 2. The minimum atomic E-state index is -0.381. The van der Waals surface area contributed by atoms with Crippen LogP contribution in [0.25, 0.3) is 0 Å². The highest BCUT2D eigenvalue weighted by atomic mass is 35.5. The summed E-state index contributed by atoms with van der Waals surface area (Å²) in [5.74, 6) is 0.537. The molecule has 0 saturated heterocycles. The SMILES string of the molecule is CNC(=O)c1ccc(NC(=O)CO/N=C/c2ccc(OCc3ccc(Cl)cc3)c(OC)c2)cc1. The first kappa shape index (κ1) is 24.6. The highest BCUT2D eigenvalue weighted by Gasteiger charge is 2.07. The molecule has 3 aromatic rings. The highest BCUT2D eigenvalue weighted by molar-refractivity contribution is 6.30. The number of halogens is 1. The number of methoxy groups -OCH3 is 1. The van der Waals surface area contributed by atoms with Crippen LogP contribution in [0.5, 0.6) is 11.5 Å². The first-order valence-corrected chi connectivity index (χ1v) is 10.7. The summed E-state index contributed by atoms with van der Waals surface area (Å²) in [7, 11) is 3.10. The minimum absolute atomic E-state index is 0.201. The minimum Gasteiger partial charge on any atom is -0.493 e. The summed E-state index contributed by atoms with van der Waals surface area (Å²) in [6.07, 6.45) is 1.47. The summed E-state index contributed by atoms with van der Waals surface area (Å²) in [5, 5.41) is 9.70. The van der Waals surface area contributed by atoms with E-state index in [9.17, 15) is 9.59 Å². The quantitative estimate of drug-likeness (QED) is 0.333. The van der Waals surface area contributed by atoms with Crippen molar-refractivity contribution in [3.63, 3.8) is 0 Å². The molecule has 9 heteroatoms. The zero-order chi connectivity index (χ0) is 24.3. The fourth-order valence-electron chi connectivity index (χ4n) is 2.87. The Hall–Kier alpha value is -4.04. The second-order valence-corrected chi connectivity index (χ2v) is 7.47. The molecular formula is C25H24ClN3O5. The second-order valence-electron chi connectivity index (χ2n) is 7.04. The van der Waals surface area contributed by atoms with E-state index in [1.165, 1.54) is 6.21 Å². The van der Waals surface area contributed by atoms with Gasteiger partial charge in [-0.2, -0.15) is 0 Å². The van der Waals surface area contributed by atoms with Gasteiger partial charge in [0.1, 0.15) is 6.61 Å². The Labute approximate surface area is 202 Å². The number of rotatable bonds is 10. The number of hydrogen-bond acceptors (Lipinski definition) is 6. The van der Waals surface area contributed by atoms with Gasteiger partial charge < -0.3 is 24.9 Å². The molecule has 2 N–H and O–H groups in total. The average Bonchev–Trinajstić information content (AvgIpc) is 2.86. The number of carbonyl (C=O) groups excluding carboxylic acids is 2. The molecule has 34 heavy (non-hydrogen) atoms. The predicted molar refractivity (Wildman–Crippen MR) is 131 cm³/mol. The smallest absolute Gasteiger partial charge is 0.265 e. The van der Waals surface area contributed by atoms with Crippen molar-refractivity contribution in [1.82, 2.24) is 5.32 Å². The molecule has 0 aliphatic rings. The van der Waals surface area contributed by atoms with Gasteiger partial charge >= 0.3 is 0 Å². The topological polar surface area (TPSA) is 98.3 Å². The molecule has 0 heterocycles. The van der Waals surface area contributed by atoms with Crippen LogP contribution in [0.15, 0.2) is 71.9 Å². The molecule has 0 unspecified atom stereocenters. The van der Waals surface area contributed by atoms with E-state index in [-0.39, 0.29) is 18.4 Å². The Bertz CT molecular complexity index is 1150. The molecule has 0 aliphatic carbocycles. The van der Waals surface area contributed by atoms with E-state index >= 15 is 0 Å². The lowest BCUT2D eigenvalue weighted by atomic mass is 10.2. The van der Waals surface area contributed by atoms with Gasteiger partial charge in [0, 0.05) is 28.9 Å². The Balaban J connectivity index is 1.48. The van der Waals surface area contributed by atoms with Crippen LogP contribution in [-0.2, 0) is 16.2 Å². The van der Waals surface area contributed by atoms with Gasteiger partial charge in [-0.05, 0) is 60.2 Å². The summed E-state index contributed by atoms with van der Waals surface area (Å²) < 4.78 is 11.2. The maximum absolute atomic E-state index is 12.0. The molecule has 0 aliphatic heterocycles. The van der Waals surface area contributed by atoms with Gasteiger partial charge in [-0.15, -0.1) is 0 Å². The van der Waals surface area contributed by atoms with E-state index in [1.54, 1.807) is 68.8 Å². The van der Waals surface area contributed by atoms with Crippen molar-refractivity contribution in [2.75, 3.05) is 26.1 Å². The first-order valence-electron chi connectivity index (χ1n) is 10.3. The monoisotopic (exact) mass is 481 g/mol. The Kier molecular flexibility index (Phi) is 8.88. The summed E-state index contributed by atoms with van der Waals surface area (Å²) in [6, 6.07) is 19.2. The van der Waals surface area contributed by atoms with E-state index in [0.29, 0.717) is 39.9 Å². The van der Waals surface area contributed by atoms with Crippen LogP contribution >= 0.6 is 11.6 Å². The number of nitrogens with one attached hydrogen (secondary N) is 2. The number of ether oxygens (including phenoxy) is 2. The number of hydrogen-bond donors (Lipinski definition) is 2. The molecular weight excluding hydrogens is 458 g/mol. The zero-order valence-corrected chi connectivity index (χ0v) is 19.5. The van der Waals surface area contributed by atoms with Gasteiger partial charge in [0.05, 0.1) is 13.3 Å². The Morgan fingerprint density at radius 1 is 1.00 bits per heavy atom. The standard InChI is InChI=1S/C25H24ClN3O5/c1-27-25(31)19-6-10-21(11-7-19)29-24(30)16-34-28-14-18-5-12-22(23(13-18)32-2)33-15-17-3-8-20(26)9-4-17/h3-14H,15-16H2,1-2H3,(H,27,31)(H,29,30)/b28-14+. The third kappa shape index (κ3) is 7.25. The normalized spacial score (nSPS) is 10.6. The van der Waals surface area contributed by atoms with E-state index in [2.05, 4.69) is 15.8 Å². The maximum atomic E-state index is 12.0. The number of nitrogens with zero attached hydrogens (tertiary/aromatic N) is 1. The van der Waals surface area contributed by atoms with Gasteiger partial charge in [0.15, 0.2) is 18.1 Å². The van der Waals surface area contributed by atoms with Crippen molar-refractivity contribution in [3.8, 4) is 11.5 Å². The van der Waals surface area contributed by atoms with Crippen LogP contribution in [0.4, 0.5) is 5.69 Å². The summed E-state index contributed by atoms with van der Waals surface area (Å²) in [5.41, 5.74) is 2.73. The van der Waals surface area contributed by atoms with E-state index in [4.69, 9.17) is 25.9 Å². The molecule has 3 aromatic carbocycles. The van der Waals surface area contributed by atoms with E-state index < -0.39 is 0 Å². The Morgan fingerprint density at radius 2 is 1.74 bits per heavy atom. The van der Waals surface area contributed by atoms with Crippen LogP contribution in [0, 0.1) is 0 Å². The first-order chi connectivity index (χ1) is 16.5. The molecule has 2 amide bonds. The fraction of sp³-hybridized carbons (Fsp3) is 0.160. The Morgan fingerprint density at radius 3 is 2.41 bits per heavy atom. The molecule has 0 bridgehead atoms. The van der Waals surface area contributed by atoms with Gasteiger partial charge in [-0.1, -0.05) is 28.9 Å². The lowest BCUT2D eigenvalue weighted by Gasteiger charge is -2.11. The number of carbonyl (C=O) groups is 2. The zero-order valence-electron chi connectivity index (χ0n) is 18.7. The van der Waals surface area contributed by atoms with Crippen molar-refractivity contribution in [2.24, 2.45) is 5.16 Å². The molecule has 0 fully saturated rings. The maximum Gasteiger partial charge on any atom is 0.265 e. The lowest BCUT2D eigenvalue weighted by Crippen LogP contribution is -2.19. The van der Waals surface area contributed by atoms with Gasteiger partial charge in [0.25, 0.3) is 11.8 Å². The average molecular weight is 482 g/mol. The van der Waals surface area contributed by atoms with Crippen molar-refractivity contribution >= 4 is 35.3 Å². The van der Waals surface area contributed by atoms with Crippen molar-refractivity contribution < 1.29 is 23.9 Å². The molecule has 0 spiro atoms. The van der Waals surface area contributed by atoms with Crippen molar-refractivity contribution in [3.05, 3.63) is 88.4 Å². The molecule has 0 aromatic heterocycles. The fourth-order valence-corrected chi connectivity index (χ4v) is 2.99. The van der Waals surface area contributed by atoms with Crippen molar-refractivity contribution in [2.45, 2.75) is 6.61 Å². The number of benzene rings is 3.